The van der Waals surface area contributed by atoms with Crippen molar-refractivity contribution in [2.24, 2.45) is 0 Å². The number of aromatic nitrogens is 4. The van der Waals surface area contributed by atoms with Gasteiger partial charge in [0.15, 0.2) is 5.65 Å². The first-order valence-corrected chi connectivity index (χ1v) is 14.1. The summed E-state index contributed by atoms with van der Waals surface area (Å²) in [7, 11) is 3.88. The lowest BCUT2D eigenvalue weighted by Gasteiger charge is -2.30. The number of urea groups is 1. The summed E-state index contributed by atoms with van der Waals surface area (Å²) >= 11 is 6.58. The van der Waals surface area contributed by atoms with Crippen molar-refractivity contribution in [1.29, 1.82) is 0 Å². The first-order chi connectivity index (χ1) is 19.1. The number of nitrogens with one attached hydrogen (secondary N) is 2. The number of aromatic amines is 1. The molecule has 4 aromatic rings. The molecule has 0 unspecified atom stereocenters. The summed E-state index contributed by atoms with van der Waals surface area (Å²) in [5.41, 5.74) is 4.36. The number of H-pyrrole nitrogens is 1. The van der Waals surface area contributed by atoms with Gasteiger partial charge in [0, 0.05) is 25.2 Å². The molecule has 10 heteroatoms. The molecule has 1 fully saturated rings. The maximum Gasteiger partial charge on any atom is 0.321 e. The summed E-state index contributed by atoms with van der Waals surface area (Å²) in [6, 6.07) is 13.5. The summed E-state index contributed by atoms with van der Waals surface area (Å²) in [5, 5.41) is 8.95. The lowest BCUT2D eigenvalue weighted by atomic mass is 10.1. The van der Waals surface area contributed by atoms with Crippen LogP contribution in [0.1, 0.15) is 55.3 Å². The van der Waals surface area contributed by atoms with E-state index >= 15 is 0 Å². The maximum absolute atomic E-state index is 13.3. The molecule has 1 aliphatic rings. The van der Waals surface area contributed by atoms with Gasteiger partial charge in [0.2, 0.25) is 0 Å². The fraction of sp³-hybridized carbons (Fsp3) is 0.400. The Balaban J connectivity index is 1.40. The second-order valence-electron chi connectivity index (χ2n) is 11.0. The van der Waals surface area contributed by atoms with Crippen LogP contribution in [0.4, 0.5) is 10.5 Å². The van der Waals surface area contributed by atoms with Crippen LogP contribution in [-0.4, -0.2) is 63.9 Å². The molecule has 0 aliphatic carbocycles. The van der Waals surface area contributed by atoms with E-state index in [1.165, 1.54) is 0 Å². The number of amides is 2. The number of nitrogens with zero attached hydrogens (tertiary/aromatic N) is 5. The van der Waals surface area contributed by atoms with Crippen LogP contribution in [0, 0.1) is 6.92 Å². The fourth-order valence-electron chi connectivity index (χ4n) is 5.20. The summed E-state index contributed by atoms with van der Waals surface area (Å²) < 4.78 is 1.70. The number of piperidine rings is 1. The average Bonchev–Trinajstić information content (AvgIpc) is 3.30. The third-order valence-electron chi connectivity index (χ3n) is 7.61. The number of carbonyl (C=O) groups excluding carboxylic acids is 1. The van der Waals surface area contributed by atoms with Gasteiger partial charge in [-0.25, -0.2) is 14.5 Å². The van der Waals surface area contributed by atoms with Crippen molar-refractivity contribution in [3.8, 4) is 5.69 Å². The Labute approximate surface area is 239 Å². The smallest absolute Gasteiger partial charge is 0.321 e. The molecule has 2 amide bonds. The molecule has 0 spiro atoms. The van der Waals surface area contributed by atoms with Crippen molar-refractivity contribution in [3.63, 3.8) is 0 Å². The highest BCUT2D eigenvalue weighted by Gasteiger charge is 2.23. The molecule has 2 aromatic carbocycles. The van der Waals surface area contributed by atoms with Crippen LogP contribution < -0.4 is 15.8 Å². The van der Waals surface area contributed by atoms with Crippen LogP contribution in [0.15, 0.2) is 47.3 Å². The van der Waals surface area contributed by atoms with Crippen LogP contribution in [0.25, 0.3) is 16.7 Å². The van der Waals surface area contributed by atoms with E-state index in [2.05, 4.69) is 22.2 Å². The Morgan fingerprint density at radius 1 is 1.18 bits per heavy atom. The minimum atomic E-state index is -0.221. The van der Waals surface area contributed by atoms with E-state index in [1.807, 2.05) is 63.2 Å². The molecular formula is C30H36ClN7O2. The molecule has 210 valence electrons. The monoisotopic (exact) mass is 561 g/mol. The average molecular weight is 562 g/mol. The van der Waals surface area contributed by atoms with Gasteiger partial charge in [-0.15, -0.1) is 0 Å². The minimum absolute atomic E-state index is 0.0291. The summed E-state index contributed by atoms with van der Waals surface area (Å²) in [6.07, 6.45) is 2.33. The van der Waals surface area contributed by atoms with Crippen molar-refractivity contribution >= 4 is 34.4 Å². The van der Waals surface area contributed by atoms with Crippen LogP contribution in [0.2, 0.25) is 5.02 Å². The van der Waals surface area contributed by atoms with Gasteiger partial charge in [-0.1, -0.05) is 49.7 Å². The predicted molar refractivity (Wildman–Crippen MR) is 160 cm³/mol. The van der Waals surface area contributed by atoms with Gasteiger partial charge in [0.05, 0.1) is 16.4 Å². The van der Waals surface area contributed by atoms with Gasteiger partial charge in [-0.3, -0.25) is 9.69 Å². The summed E-state index contributed by atoms with van der Waals surface area (Å²) in [5.74, 6) is 0.557. The van der Waals surface area contributed by atoms with Crippen LogP contribution in [-0.2, 0) is 6.42 Å². The molecular weight excluding hydrogens is 526 g/mol. The van der Waals surface area contributed by atoms with E-state index < -0.39 is 0 Å². The first-order valence-electron chi connectivity index (χ1n) is 13.7. The van der Waals surface area contributed by atoms with E-state index in [4.69, 9.17) is 21.7 Å². The number of para-hydroxylation sites is 1. The van der Waals surface area contributed by atoms with E-state index in [0.717, 1.165) is 48.4 Å². The molecule has 3 heterocycles. The molecule has 1 saturated heterocycles. The largest absolute Gasteiger partial charge is 0.335 e. The van der Waals surface area contributed by atoms with Gasteiger partial charge in [-0.2, -0.15) is 5.10 Å². The van der Waals surface area contributed by atoms with Gasteiger partial charge < -0.3 is 15.2 Å². The molecule has 0 radical (unpaired) electrons. The lowest BCUT2D eigenvalue weighted by Crippen LogP contribution is -2.47. The Morgan fingerprint density at radius 3 is 2.52 bits per heavy atom. The maximum atomic E-state index is 13.3. The number of anilines is 1. The Hall–Kier alpha value is -3.69. The number of benzene rings is 2. The highest BCUT2D eigenvalue weighted by Crippen LogP contribution is 2.29. The molecule has 40 heavy (non-hydrogen) atoms. The molecule has 0 bridgehead atoms. The van der Waals surface area contributed by atoms with Crippen molar-refractivity contribution in [1.82, 2.24) is 30.0 Å². The zero-order valence-electron chi connectivity index (χ0n) is 23.7. The molecule has 0 saturated carbocycles. The van der Waals surface area contributed by atoms with Gasteiger partial charge >= 0.3 is 6.03 Å². The number of likely N-dealkylation sites (tertiary alicyclic amines) is 1. The zero-order valence-corrected chi connectivity index (χ0v) is 24.4. The zero-order chi connectivity index (χ0) is 28.6. The van der Waals surface area contributed by atoms with Gasteiger partial charge in [-0.05, 0) is 75.1 Å². The topological polar surface area (TPSA) is 99.2 Å². The number of halogens is 1. The van der Waals surface area contributed by atoms with E-state index in [1.54, 1.807) is 16.6 Å². The van der Waals surface area contributed by atoms with Crippen LogP contribution in [0.5, 0.6) is 0 Å². The highest BCUT2D eigenvalue weighted by atomic mass is 35.5. The van der Waals surface area contributed by atoms with Crippen LogP contribution >= 0.6 is 11.6 Å². The Kier molecular flexibility index (Phi) is 7.96. The molecule has 1 aliphatic heterocycles. The fourth-order valence-corrected chi connectivity index (χ4v) is 5.51. The minimum Gasteiger partial charge on any atom is -0.335 e. The van der Waals surface area contributed by atoms with Crippen LogP contribution in [0.3, 0.4) is 0 Å². The number of carbonyl (C=O) groups is 1. The summed E-state index contributed by atoms with van der Waals surface area (Å²) in [6.45, 7) is 7.95. The van der Waals surface area contributed by atoms with Crippen molar-refractivity contribution < 1.29 is 4.79 Å². The third kappa shape index (κ3) is 5.62. The van der Waals surface area contributed by atoms with E-state index in [-0.39, 0.29) is 23.6 Å². The number of aryl methyl sites for hydroxylation is 1. The molecule has 0 atom stereocenters. The quantitative estimate of drug-likeness (QED) is 0.344. The van der Waals surface area contributed by atoms with Crippen molar-refractivity contribution in [2.45, 2.75) is 52.0 Å². The number of hydrogen-bond donors (Lipinski definition) is 2. The second-order valence-corrected chi connectivity index (χ2v) is 11.4. The SMILES string of the molecule is Cc1cccc(Cl)c1-n1nc(C(C)C)c2c(=O)[nH]c(Cc3ccc(N(C)C(=O)NC4CCN(C)CC4)cc3)nc21. The van der Waals surface area contributed by atoms with Crippen molar-refractivity contribution in [3.05, 3.63) is 80.5 Å². The Morgan fingerprint density at radius 2 is 1.88 bits per heavy atom. The summed E-state index contributed by atoms with van der Waals surface area (Å²) in [4.78, 5) is 37.8. The predicted octanol–water partition coefficient (Wildman–Crippen LogP) is 5.02. The van der Waals surface area contributed by atoms with E-state index in [9.17, 15) is 9.59 Å². The molecule has 2 N–H and O–H groups in total. The van der Waals surface area contributed by atoms with E-state index in [0.29, 0.717) is 34.0 Å². The molecule has 5 rings (SSSR count). The van der Waals surface area contributed by atoms with Crippen molar-refractivity contribution in [2.75, 3.05) is 32.1 Å². The third-order valence-corrected chi connectivity index (χ3v) is 7.91. The molecule has 2 aromatic heterocycles. The lowest BCUT2D eigenvalue weighted by molar-refractivity contribution is 0.218. The Bertz CT molecular complexity index is 1560. The van der Waals surface area contributed by atoms with Gasteiger partial charge in [0.25, 0.3) is 5.56 Å². The standard InChI is InChI=1S/C30H36ClN7O2/c1-18(2)26-25-28(38(35-26)27-19(3)7-6-8-23(27)31)33-24(34-29(25)39)17-20-9-11-22(12-10-20)37(5)30(40)32-21-13-15-36(4)16-14-21/h6-12,18,21H,13-17H2,1-5H3,(H,32,40)(H,33,34,39). The first kappa shape index (κ1) is 27.9. The number of hydrogen-bond acceptors (Lipinski definition) is 5. The van der Waals surface area contributed by atoms with Gasteiger partial charge in [0.1, 0.15) is 11.2 Å². The highest BCUT2D eigenvalue weighted by molar-refractivity contribution is 6.32. The number of fused-ring (bicyclic) bond motifs is 1. The number of rotatable bonds is 6. The normalized spacial score (nSPS) is 14.7. The molecule has 9 nitrogen and oxygen atoms in total. The second kappa shape index (κ2) is 11.4.